The molecule has 0 aromatic carbocycles. The van der Waals surface area contributed by atoms with E-state index < -0.39 is 0 Å². The zero-order chi connectivity index (χ0) is 17.1. The number of carbonyl (C=O) groups excluding carboxylic acids is 2. The Morgan fingerprint density at radius 1 is 1.00 bits per heavy atom. The standard InChI is InChI=1S/C18H35N3O2/c1-20(15-16-8-3-4-9-16)12-7-13-21(2)18(23)11-6-5-10-17(22)14-19/h16H,3-15,19H2,1-2H3. The Kier molecular flexibility index (Phi) is 10.1. The maximum Gasteiger partial charge on any atom is 0.222 e. The van der Waals surface area contributed by atoms with E-state index in [1.165, 1.54) is 32.2 Å². The molecule has 23 heavy (non-hydrogen) atoms. The highest BCUT2D eigenvalue weighted by Crippen LogP contribution is 2.25. The molecule has 0 unspecified atom stereocenters. The average molecular weight is 325 g/mol. The van der Waals surface area contributed by atoms with Crippen molar-refractivity contribution in [3.8, 4) is 0 Å². The fourth-order valence-corrected chi connectivity index (χ4v) is 3.32. The highest BCUT2D eigenvalue weighted by molar-refractivity contribution is 5.80. The van der Waals surface area contributed by atoms with Crippen LogP contribution in [0.5, 0.6) is 0 Å². The molecule has 0 atom stereocenters. The molecular weight excluding hydrogens is 290 g/mol. The fraction of sp³-hybridized carbons (Fsp3) is 0.889. The minimum Gasteiger partial charge on any atom is -0.346 e. The molecule has 0 spiro atoms. The van der Waals surface area contributed by atoms with Crippen LogP contribution < -0.4 is 5.73 Å². The largest absolute Gasteiger partial charge is 0.346 e. The lowest BCUT2D eigenvalue weighted by molar-refractivity contribution is -0.130. The summed E-state index contributed by atoms with van der Waals surface area (Å²) in [4.78, 5) is 27.3. The van der Waals surface area contributed by atoms with E-state index in [1.54, 1.807) is 0 Å². The van der Waals surface area contributed by atoms with Gasteiger partial charge in [0.05, 0.1) is 6.54 Å². The van der Waals surface area contributed by atoms with Crippen molar-refractivity contribution >= 4 is 11.7 Å². The van der Waals surface area contributed by atoms with Crippen molar-refractivity contribution in [2.24, 2.45) is 11.7 Å². The zero-order valence-corrected chi connectivity index (χ0v) is 15.1. The van der Waals surface area contributed by atoms with E-state index in [4.69, 9.17) is 5.73 Å². The van der Waals surface area contributed by atoms with Gasteiger partial charge in [-0.1, -0.05) is 12.8 Å². The zero-order valence-electron chi connectivity index (χ0n) is 15.1. The van der Waals surface area contributed by atoms with Crippen molar-refractivity contribution in [1.82, 2.24) is 9.80 Å². The normalized spacial score (nSPS) is 15.3. The number of nitrogens with zero attached hydrogens (tertiary/aromatic N) is 2. The van der Waals surface area contributed by atoms with Crippen molar-refractivity contribution in [2.45, 2.75) is 57.8 Å². The van der Waals surface area contributed by atoms with Crippen LogP contribution in [-0.4, -0.2) is 61.8 Å². The molecule has 1 aliphatic rings. The Morgan fingerprint density at radius 2 is 1.65 bits per heavy atom. The number of amides is 1. The first-order valence-electron chi connectivity index (χ1n) is 9.17. The van der Waals surface area contributed by atoms with Crippen LogP contribution >= 0.6 is 0 Å². The summed E-state index contributed by atoms with van der Waals surface area (Å²) < 4.78 is 0. The van der Waals surface area contributed by atoms with E-state index in [0.29, 0.717) is 12.8 Å². The fourth-order valence-electron chi connectivity index (χ4n) is 3.32. The average Bonchev–Trinajstić information content (AvgIpc) is 3.03. The summed E-state index contributed by atoms with van der Waals surface area (Å²) in [7, 11) is 4.07. The third-order valence-electron chi connectivity index (χ3n) is 4.83. The van der Waals surface area contributed by atoms with Gasteiger partial charge in [0.25, 0.3) is 0 Å². The highest BCUT2D eigenvalue weighted by atomic mass is 16.2. The van der Waals surface area contributed by atoms with E-state index in [0.717, 1.165) is 38.3 Å². The molecule has 0 bridgehead atoms. The first-order chi connectivity index (χ1) is 11.0. The Hall–Kier alpha value is -0.940. The molecule has 0 heterocycles. The van der Waals surface area contributed by atoms with Crippen LogP contribution in [0.1, 0.15) is 57.8 Å². The van der Waals surface area contributed by atoms with Gasteiger partial charge >= 0.3 is 0 Å². The Balaban J connectivity index is 2.04. The molecule has 5 heteroatoms. The molecule has 1 fully saturated rings. The van der Waals surface area contributed by atoms with E-state index in [9.17, 15) is 9.59 Å². The van der Waals surface area contributed by atoms with E-state index in [-0.39, 0.29) is 18.2 Å². The topological polar surface area (TPSA) is 66.6 Å². The smallest absolute Gasteiger partial charge is 0.222 e. The van der Waals surface area contributed by atoms with E-state index >= 15 is 0 Å². The summed E-state index contributed by atoms with van der Waals surface area (Å²) >= 11 is 0. The van der Waals surface area contributed by atoms with Gasteiger partial charge in [-0.25, -0.2) is 0 Å². The second-order valence-electron chi connectivity index (χ2n) is 7.03. The summed E-state index contributed by atoms with van der Waals surface area (Å²) in [5.41, 5.74) is 5.26. The van der Waals surface area contributed by atoms with Crippen LogP contribution in [0, 0.1) is 5.92 Å². The summed E-state index contributed by atoms with van der Waals surface area (Å²) in [6.45, 7) is 3.18. The first-order valence-corrected chi connectivity index (χ1v) is 9.17. The lowest BCUT2D eigenvalue weighted by atomic mass is 10.1. The monoisotopic (exact) mass is 325 g/mol. The molecule has 0 aliphatic heterocycles. The number of hydrogen-bond donors (Lipinski definition) is 1. The van der Waals surface area contributed by atoms with Crippen molar-refractivity contribution in [2.75, 3.05) is 40.3 Å². The van der Waals surface area contributed by atoms with Gasteiger partial charge in [0, 0.05) is 33.0 Å². The number of carbonyl (C=O) groups is 2. The molecule has 0 saturated heterocycles. The van der Waals surface area contributed by atoms with Crippen LogP contribution in [0.4, 0.5) is 0 Å². The minimum absolute atomic E-state index is 0.0797. The minimum atomic E-state index is 0.0797. The molecule has 1 aliphatic carbocycles. The molecule has 134 valence electrons. The second kappa shape index (κ2) is 11.6. The SMILES string of the molecule is CN(CCCN(C)C(=O)CCCCC(=O)CN)CC1CCCC1. The van der Waals surface area contributed by atoms with Gasteiger partial charge in [-0.05, 0) is 51.6 Å². The van der Waals surface area contributed by atoms with Gasteiger partial charge in [0.1, 0.15) is 5.78 Å². The van der Waals surface area contributed by atoms with Gasteiger partial charge in [-0.2, -0.15) is 0 Å². The summed E-state index contributed by atoms with van der Waals surface area (Å²) in [6, 6.07) is 0. The highest BCUT2D eigenvalue weighted by Gasteiger charge is 2.16. The predicted octanol–water partition coefficient (Wildman–Crippen LogP) is 2.05. The lowest BCUT2D eigenvalue weighted by Crippen LogP contribution is -2.31. The summed E-state index contributed by atoms with van der Waals surface area (Å²) in [5, 5.41) is 0. The predicted molar refractivity (Wildman–Crippen MR) is 94.2 cm³/mol. The van der Waals surface area contributed by atoms with Crippen LogP contribution in [0.15, 0.2) is 0 Å². The third kappa shape index (κ3) is 9.06. The molecule has 0 aromatic heterocycles. The maximum atomic E-state index is 12.0. The van der Waals surface area contributed by atoms with Crippen molar-refractivity contribution in [1.29, 1.82) is 0 Å². The van der Waals surface area contributed by atoms with Gasteiger partial charge in [-0.15, -0.1) is 0 Å². The van der Waals surface area contributed by atoms with Crippen LogP contribution in [0.3, 0.4) is 0 Å². The Labute approximate surface area is 141 Å². The maximum absolute atomic E-state index is 12.0. The lowest BCUT2D eigenvalue weighted by Gasteiger charge is -2.23. The Morgan fingerprint density at radius 3 is 2.30 bits per heavy atom. The second-order valence-corrected chi connectivity index (χ2v) is 7.03. The molecular formula is C18H35N3O2. The van der Waals surface area contributed by atoms with Gasteiger partial charge in [0.2, 0.25) is 5.91 Å². The van der Waals surface area contributed by atoms with Gasteiger partial charge < -0.3 is 15.5 Å². The summed E-state index contributed by atoms with van der Waals surface area (Å²) in [5.74, 6) is 1.15. The molecule has 1 amide bonds. The van der Waals surface area contributed by atoms with E-state index in [2.05, 4.69) is 11.9 Å². The molecule has 1 saturated carbocycles. The molecule has 2 N–H and O–H groups in total. The Bertz CT molecular complexity index is 354. The number of hydrogen-bond acceptors (Lipinski definition) is 4. The third-order valence-corrected chi connectivity index (χ3v) is 4.83. The number of unbranched alkanes of at least 4 members (excludes halogenated alkanes) is 1. The molecule has 0 aromatic rings. The van der Waals surface area contributed by atoms with E-state index in [1.807, 2.05) is 11.9 Å². The number of ketones is 1. The number of Topliss-reactive ketones (excluding diaryl/α,β-unsaturated/α-hetero) is 1. The summed E-state index contributed by atoms with van der Waals surface area (Å²) in [6.07, 6.45) is 9.16. The van der Waals surface area contributed by atoms with Crippen molar-refractivity contribution in [3.63, 3.8) is 0 Å². The van der Waals surface area contributed by atoms with Crippen molar-refractivity contribution in [3.05, 3.63) is 0 Å². The molecule has 0 radical (unpaired) electrons. The molecule has 1 rings (SSSR count). The van der Waals surface area contributed by atoms with Crippen LogP contribution in [0.2, 0.25) is 0 Å². The van der Waals surface area contributed by atoms with Crippen LogP contribution in [0.25, 0.3) is 0 Å². The van der Waals surface area contributed by atoms with Gasteiger partial charge in [0.15, 0.2) is 0 Å². The first kappa shape index (κ1) is 20.1. The van der Waals surface area contributed by atoms with Crippen molar-refractivity contribution < 1.29 is 9.59 Å². The quantitative estimate of drug-likeness (QED) is 0.558. The molecule has 5 nitrogen and oxygen atoms in total. The number of rotatable bonds is 12. The van der Waals surface area contributed by atoms with Crippen LogP contribution in [-0.2, 0) is 9.59 Å². The number of nitrogens with two attached hydrogens (primary N) is 1. The van der Waals surface area contributed by atoms with Gasteiger partial charge in [-0.3, -0.25) is 9.59 Å².